The Morgan fingerprint density at radius 3 is 2.71 bits per heavy atom. The lowest BCUT2D eigenvalue weighted by Crippen LogP contribution is -2.49. The number of nitriles is 1. The highest BCUT2D eigenvalue weighted by molar-refractivity contribution is 5.93. The zero-order valence-electron chi connectivity index (χ0n) is 23.6. The molecule has 1 N–H and O–H groups in total. The van der Waals surface area contributed by atoms with Crippen molar-refractivity contribution in [3.63, 3.8) is 0 Å². The minimum Gasteiger partial charge on any atom is -0.475 e. The second kappa shape index (κ2) is 11.0. The summed E-state index contributed by atoms with van der Waals surface area (Å²) in [6.45, 7) is 9.72. The molecule has 0 aliphatic carbocycles. The van der Waals surface area contributed by atoms with Crippen LogP contribution in [0.2, 0.25) is 0 Å². The number of piperazine rings is 1. The number of carbonyl (C=O) groups excluding carboxylic acids is 1. The quantitative estimate of drug-likeness (QED) is 0.460. The molecule has 41 heavy (non-hydrogen) atoms. The number of aromatic nitrogens is 3. The van der Waals surface area contributed by atoms with Crippen LogP contribution in [0.1, 0.15) is 35.2 Å². The summed E-state index contributed by atoms with van der Waals surface area (Å²) in [7, 11) is 2.10. The van der Waals surface area contributed by atoms with Gasteiger partial charge in [0, 0.05) is 49.7 Å². The largest absolute Gasteiger partial charge is 0.475 e. The molecule has 0 saturated carbocycles. The zero-order valence-corrected chi connectivity index (χ0v) is 23.6. The van der Waals surface area contributed by atoms with E-state index in [1.807, 2.05) is 6.20 Å². The fraction of sp³-hybridized carbons (Fsp3) is 0.467. The van der Waals surface area contributed by atoms with Crippen molar-refractivity contribution in [1.29, 1.82) is 5.26 Å². The number of aryl methyl sites for hydroxylation is 1. The number of ether oxygens (including phenoxy) is 1. The molecular formula is C30H35FN8O2. The summed E-state index contributed by atoms with van der Waals surface area (Å²) in [5.74, 6) is -1.27. The van der Waals surface area contributed by atoms with E-state index in [-0.39, 0.29) is 6.04 Å². The number of rotatable bonds is 6. The number of hydrogen-bond donors (Lipinski definition) is 1. The molecule has 1 amide bonds. The Labute approximate surface area is 239 Å². The number of nitrogens with zero attached hydrogens (tertiary/aromatic N) is 7. The maximum atomic E-state index is 13.5. The first-order valence-electron chi connectivity index (χ1n) is 14.2. The third kappa shape index (κ3) is 4.97. The van der Waals surface area contributed by atoms with Gasteiger partial charge in [-0.25, -0.2) is 9.37 Å². The summed E-state index contributed by atoms with van der Waals surface area (Å²) in [5, 5.41) is 18.9. The Bertz CT molecular complexity index is 1540. The third-order valence-electron chi connectivity index (χ3n) is 8.71. The Morgan fingerprint density at radius 1 is 1.20 bits per heavy atom. The van der Waals surface area contributed by atoms with Gasteiger partial charge in [-0.15, -0.1) is 0 Å². The number of H-pyrrole nitrogens is 1. The van der Waals surface area contributed by atoms with E-state index in [1.165, 1.54) is 4.90 Å². The van der Waals surface area contributed by atoms with Crippen LogP contribution in [0.4, 0.5) is 15.8 Å². The van der Waals surface area contributed by atoms with Crippen LogP contribution >= 0.6 is 0 Å². The van der Waals surface area contributed by atoms with Gasteiger partial charge in [0.05, 0.1) is 35.3 Å². The van der Waals surface area contributed by atoms with E-state index < -0.39 is 11.7 Å². The lowest BCUT2D eigenvalue weighted by Gasteiger charge is -2.39. The lowest BCUT2D eigenvalue weighted by atomic mass is 9.97. The van der Waals surface area contributed by atoms with Gasteiger partial charge in [-0.05, 0) is 45.3 Å². The fourth-order valence-electron chi connectivity index (χ4n) is 6.46. The summed E-state index contributed by atoms with van der Waals surface area (Å²) in [6.07, 6.45) is 4.70. The summed E-state index contributed by atoms with van der Waals surface area (Å²) in [6, 6.07) is 6.86. The van der Waals surface area contributed by atoms with Crippen LogP contribution in [0.3, 0.4) is 0 Å². The molecule has 1 aromatic carbocycles. The highest BCUT2D eigenvalue weighted by atomic mass is 19.1. The molecule has 5 heterocycles. The SMILES string of the molecule is C=C(F)C(=O)N1CCN(c2c(C#N)c(OCC3CCCN3C)nc3c2CCN(c2c(C)ccc4cn[nH]c24)C3)CC1. The maximum Gasteiger partial charge on any atom is 0.282 e. The highest BCUT2D eigenvalue weighted by Crippen LogP contribution is 2.39. The van der Waals surface area contributed by atoms with E-state index >= 15 is 0 Å². The molecule has 3 aromatic rings. The zero-order chi connectivity index (χ0) is 28.7. The van der Waals surface area contributed by atoms with Crippen molar-refractivity contribution in [3.05, 3.63) is 53.1 Å². The van der Waals surface area contributed by atoms with E-state index in [1.54, 1.807) is 0 Å². The van der Waals surface area contributed by atoms with Gasteiger partial charge < -0.3 is 24.3 Å². The van der Waals surface area contributed by atoms with Gasteiger partial charge in [0.1, 0.15) is 18.2 Å². The van der Waals surface area contributed by atoms with E-state index in [0.717, 1.165) is 65.0 Å². The molecule has 10 nitrogen and oxygen atoms in total. The fourth-order valence-corrected chi connectivity index (χ4v) is 6.46. The Balaban J connectivity index is 1.36. The van der Waals surface area contributed by atoms with Crippen molar-refractivity contribution in [2.75, 3.05) is 62.7 Å². The number of halogens is 1. The van der Waals surface area contributed by atoms with Crippen LogP contribution in [0.25, 0.3) is 10.9 Å². The first-order valence-corrected chi connectivity index (χ1v) is 14.2. The van der Waals surface area contributed by atoms with Crippen LogP contribution in [0, 0.1) is 18.3 Å². The number of likely N-dealkylation sites (N-methyl/N-ethyl adjacent to an activating group) is 1. The number of aromatic amines is 1. The van der Waals surface area contributed by atoms with Crippen molar-refractivity contribution < 1.29 is 13.9 Å². The van der Waals surface area contributed by atoms with Crippen LogP contribution in [-0.2, 0) is 17.8 Å². The van der Waals surface area contributed by atoms with Gasteiger partial charge in [-0.1, -0.05) is 18.7 Å². The molecule has 3 aliphatic heterocycles. The normalized spacial score (nSPS) is 19.4. The molecule has 0 bridgehead atoms. The summed E-state index contributed by atoms with van der Waals surface area (Å²) >= 11 is 0. The van der Waals surface area contributed by atoms with Crippen LogP contribution in [0.5, 0.6) is 5.88 Å². The standard InChI is InChI=1S/C30H35FN8O2/c1-19-6-7-21-16-33-35-26(21)27(19)39-10-8-23-25(17-39)34-29(41-18-22-5-4-9-36(22)3)24(15-32)28(23)37-11-13-38(14-12-37)30(40)20(2)31/h6-7,16,22H,2,4-5,8-14,17-18H2,1,3H3,(H,33,35). The molecule has 3 aliphatic rings. The number of benzene rings is 1. The van der Waals surface area contributed by atoms with E-state index in [4.69, 9.17) is 9.72 Å². The smallest absolute Gasteiger partial charge is 0.282 e. The summed E-state index contributed by atoms with van der Waals surface area (Å²) < 4.78 is 19.9. The van der Waals surface area contributed by atoms with Gasteiger partial charge in [0.15, 0.2) is 5.83 Å². The molecule has 1 unspecified atom stereocenters. The first kappa shape index (κ1) is 27.0. The van der Waals surface area contributed by atoms with Crippen molar-refractivity contribution in [2.24, 2.45) is 0 Å². The van der Waals surface area contributed by atoms with Gasteiger partial charge in [0.2, 0.25) is 5.88 Å². The molecule has 214 valence electrons. The lowest BCUT2D eigenvalue weighted by molar-refractivity contribution is -0.128. The Hall–Kier alpha value is -4.17. The van der Waals surface area contributed by atoms with E-state index in [9.17, 15) is 14.4 Å². The number of nitrogens with one attached hydrogen (secondary N) is 1. The topological polar surface area (TPSA) is 105 Å². The number of carbonyl (C=O) groups is 1. The van der Waals surface area contributed by atoms with E-state index in [2.05, 4.69) is 63.6 Å². The molecule has 0 spiro atoms. The molecule has 11 heteroatoms. The second-order valence-corrected chi connectivity index (χ2v) is 11.2. The van der Waals surface area contributed by atoms with Crippen LogP contribution in [0.15, 0.2) is 30.7 Å². The van der Waals surface area contributed by atoms with Gasteiger partial charge in [0.25, 0.3) is 5.91 Å². The molecule has 2 fully saturated rings. The van der Waals surface area contributed by atoms with Crippen molar-refractivity contribution in [1.82, 2.24) is 25.0 Å². The minimum absolute atomic E-state index is 0.281. The van der Waals surface area contributed by atoms with Gasteiger partial charge in [-0.3, -0.25) is 9.89 Å². The number of pyridine rings is 1. The van der Waals surface area contributed by atoms with Crippen molar-refractivity contribution in [2.45, 2.75) is 38.8 Å². The Morgan fingerprint density at radius 2 is 2.00 bits per heavy atom. The predicted molar refractivity (Wildman–Crippen MR) is 155 cm³/mol. The molecule has 2 saturated heterocycles. The highest BCUT2D eigenvalue weighted by Gasteiger charge is 2.33. The van der Waals surface area contributed by atoms with E-state index in [0.29, 0.717) is 57.2 Å². The summed E-state index contributed by atoms with van der Waals surface area (Å²) in [5.41, 5.74) is 6.42. The number of anilines is 2. The van der Waals surface area contributed by atoms with Crippen molar-refractivity contribution >= 4 is 28.2 Å². The minimum atomic E-state index is -0.951. The summed E-state index contributed by atoms with van der Waals surface area (Å²) in [4.78, 5) is 25.4. The molecular weight excluding hydrogens is 523 g/mol. The van der Waals surface area contributed by atoms with Crippen molar-refractivity contribution in [3.8, 4) is 11.9 Å². The number of amides is 1. The molecule has 1 atom stereocenters. The van der Waals surface area contributed by atoms with Gasteiger partial charge >= 0.3 is 0 Å². The number of likely N-dealkylation sites (tertiary alicyclic amines) is 1. The van der Waals surface area contributed by atoms with Crippen LogP contribution < -0.4 is 14.5 Å². The molecule has 0 radical (unpaired) electrons. The average molecular weight is 559 g/mol. The first-order chi connectivity index (χ1) is 19.9. The maximum absolute atomic E-state index is 13.5. The predicted octanol–water partition coefficient (Wildman–Crippen LogP) is 3.31. The molecule has 2 aromatic heterocycles. The number of hydrogen-bond acceptors (Lipinski definition) is 8. The third-order valence-corrected chi connectivity index (χ3v) is 8.71. The molecule has 6 rings (SSSR count). The monoisotopic (exact) mass is 558 g/mol. The number of fused-ring (bicyclic) bond motifs is 2. The van der Waals surface area contributed by atoms with Crippen LogP contribution in [-0.4, -0.2) is 89.9 Å². The average Bonchev–Trinajstić information content (AvgIpc) is 3.63. The second-order valence-electron chi connectivity index (χ2n) is 11.2. The Kier molecular flexibility index (Phi) is 7.26. The van der Waals surface area contributed by atoms with Gasteiger partial charge in [-0.2, -0.15) is 10.4 Å².